The Bertz CT molecular complexity index is 806. The van der Waals surface area contributed by atoms with Crippen molar-refractivity contribution in [2.75, 3.05) is 30.9 Å². The fraction of sp³-hybridized carbons (Fsp3) is 0.263. The lowest BCUT2D eigenvalue weighted by molar-refractivity contribution is -0.114. The Labute approximate surface area is 157 Å². The number of rotatable bonds is 8. The smallest absolute Gasteiger partial charge is 0.274 e. The van der Waals surface area contributed by atoms with Crippen LogP contribution in [0.2, 0.25) is 0 Å². The number of benzene rings is 1. The van der Waals surface area contributed by atoms with Crippen molar-refractivity contribution in [1.29, 1.82) is 0 Å². The topological polar surface area (TPSA) is 109 Å². The molecule has 1 aromatic heterocycles. The van der Waals surface area contributed by atoms with E-state index in [4.69, 9.17) is 4.74 Å². The number of amides is 3. The number of ether oxygens (including phenoxy) is 1. The molecule has 1 heterocycles. The second kappa shape index (κ2) is 10.0. The number of anilines is 2. The summed E-state index contributed by atoms with van der Waals surface area (Å²) in [5.41, 5.74) is 1.66. The van der Waals surface area contributed by atoms with Crippen LogP contribution in [0.1, 0.15) is 34.2 Å². The number of hydrogen-bond acceptors (Lipinski definition) is 5. The Kier molecular flexibility index (Phi) is 7.45. The van der Waals surface area contributed by atoms with Crippen molar-refractivity contribution < 1.29 is 19.1 Å². The van der Waals surface area contributed by atoms with Gasteiger partial charge in [0.15, 0.2) is 0 Å². The molecule has 27 heavy (non-hydrogen) atoms. The first-order valence-corrected chi connectivity index (χ1v) is 8.42. The first-order chi connectivity index (χ1) is 13.0. The number of methoxy groups -OCH3 is 1. The van der Waals surface area contributed by atoms with Gasteiger partial charge in [0.1, 0.15) is 5.69 Å². The lowest BCUT2D eigenvalue weighted by Gasteiger charge is -2.08. The molecule has 0 fully saturated rings. The monoisotopic (exact) mass is 370 g/mol. The molecule has 0 atom stereocenters. The van der Waals surface area contributed by atoms with Crippen LogP contribution in [-0.4, -0.2) is 43.0 Å². The summed E-state index contributed by atoms with van der Waals surface area (Å²) in [6.07, 6.45) is 2.12. The largest absolute Gasteiger partial charge is 0.385 e. The van der Waals surface area contributed by atoms with Crippen molar-refractivity contribution in [2.24, 2.45) is 0 Å². The first kappa shape index (κ1) is 20.1. The van der Waals surface area contributed by atoms with E-state index in [0.717, 1.165) is 0 Å². The van der Waals surface area contributed by atoms with E-state index in [1.807, 2.05) is 0 Å². The molecule has 3 N–H and O–H groups in total. The summed E-state index contributed by atoms with van der Waals surface area (Å²) in [4.78, 5) is 39.5. The molecule has 0 aliphatic rings. The van der Waals surface area contributed by atoms with Gasteiger partial charge in [-0.15, -0.1) is 0 Å². The number of nitrogens with zero attached hydrogens (tertiary/aromatic N) is 1. The van der Waals surface area contributed by atoms with Gasteiger partial charge in [-0.2, -0.15) is 0 Å². The molecule has 8 heteroatoms. The molecule has 2 rings (SSSR count). The minimum absolute atomic E-state index is 0.130. The van der Waals surface area contributed by atoms with Crippen LogP contribution in [0.5, 0.6) is 0 Å². The average Bonchev–Trinajstić information content (AvgIpc) is 2.66. The van der Waals surface area contributed by atoms with E-state index in [0.29, 0.717) is 36.5 Å². The average molecular weight is 370 g/mol. The van der Waals surface area contributed by atoms with E-state index in [1.54, 1.807) is 37.4 Å². The lowest BCUT2D eigenvalue weighted by Crippen LogP contribution is -2.25. The predicted molar refractivity (Wildman–Crippen MR) is 102 cm³/mol. The maximum atomic E-state index is 12.4. The van der Waals surface area contributed by atoms with E-state index in [-0.39, 0.29) is 17.5 Å². The third-order valence-corrected chi connectivity index (χ3v) is 3.53. The summed E-state index contributed by atoms with van der Waals surface area (Å²) in [5.74, 6) is -0.883. The number of nitrogens with one attached hydrogen (secondary N) is 3. The molecule has 1 aromatic carbocycles. The number of carbonyl (C=O) groups excluding carboxylic acids is 3. The van der Waals surface area contributed by atoms with Gasteiger partial charge in [-0.25, -0.2) is 0 Å². The maximum Gasteiger partial charge on any atom is 0.274 e. The highest BCUT2D eigenvalue weighted by atomic mass is 16.5. The van der Waals surface area contributed by atoms with Gasteiger partial charge >= 0.3 is 0 Å². The van der Waals surface area contributed by atoms with E-state index in [2.05, 4.69) is 20.9 Å². The minimum atomic E-state index is -0.434. The molecular weight excluding hydrogens is 348 g/mol. The molecule has 142 valence electrons. The maximum absolute atomic E-state index is 12.4. The second-order valence-electron chi connectivity index (χ2n) is 5.74. The summed E-state index contributed by atoms with van der Waals surface area (Å²) in [6, 6.07) is 9.66. The normalized spacial score (nSPS) is 10.1. The quantitative estimate of drug-likeness (QED) is 0.616. The van der Waals surface area contributed by atoms with Gasteiger partial charge in [-0.05, 0) is 42.8 Å². The van der Waals surface area contributed by atoms with Crippen LogP contribution in [0.3, 0.4) is 0 Å². The molecule has 0 aliphatic heterocycles. The van der Waals surface area contributed by atoms with Crippen LogP contribution in [-0.2, 0) is 9.53 Å². The Morgan fingerprint density at radius 2 is 1.67 bits per heavy atom. The predicted octanol–water partition coefficient (Wildman–Crippen LogP) is 2.06. The molecule has 3 amide bonds. The molecule has 0 radical (unpaired) electrons. The molecule has 0 bridgehead atoms. The fourth-order valence-electron chi connectivity index (χ4n) is 2.25. The number of hydrogen-bond donors (Lipinski definition) is 3. The van der Waals surface area contributed by atoms with Crippen molar-refractivity contribution >= 4 is 29.1 Å². The van der Waals surface area contributed by atoms with Crippen molar-refractivity contribution in [3.05, 3.63) is 53.9 Å². The van der Waals surface area contributed by atoms with Crippen molar-refractivity contribution in [3.8, 4) is 0 Å². The summed E-state index contributed by atoms with van der Waals surface area (Å²) >= 11 is 0. The molecule has 0 saturated carbocycles. The number of pyridine rings is 1. The van der Waals surface area contributed by atoms with Crippen molar-refractivity contribution in [1.82, 2.24) is 10.3 Å². The molecule has 2 aromatic rings. The van der Waals surface area contributed by atoms with E-state index in [1.165, 1.54) is 19.2 Å². The van der Waals surface area contributed by atoms with Gasteiger partial charge in [0.25, 0.3) is 11.8 Å². The minimum Gasteiger partial charge on any atom is -0.385 e. The van der Waals surface area contributed by atoms with Crippen LogP contribution in [0.25, 0.3) is 0 Å². The SMILES string of the molecule is COCCCNC(=O)c1ccnc(C(=O)Nc2ccc(NC(C)=O)cc2)c1. The lowest BCUT2D eigenvalue weighted by atomic mass is 10.2. The van der Waals surface area contributed by atoms with Crippen LogP contribution < -0.4 is 16.0 Å². The van der Waals surface area contributed by atoms with Crippen LogP contribution >= 0.6 is 0 Å². The molecule has 0 saturated heterocycles. The van der Waals surface area contributed by atoms with Crippen molar-refractivity contribution in [3.63, 3.8) is 0 Å². The van der Waals surface area contributed by atoms with Crippen LogP contribution in [0.15, 0.2) is 42.6 Å². The number of carbonyl (C=O) groups is 3. The molecule has 0 unspecified atom stereocenters. The van der Waals surface area contributed by atoms with Gasteiger partial charge in [0.05, 0.1) is 0 Å². The molecule has 0 aliphatic carbocycles. The molecule has 8 nitrogen and oxygen atoms in total. The van der Waals surface area contributed by atoms with Gasteiger partial charge in [0.2, 0.25) is 5.91 Å². The van der Waals surface area contributed by atoms with Gasteiger partial charge < -0.3 is 20.7 Å². The standard InChI is InChI=1S/C19H22N4O4/c1-13(24)22-15-4-6-16(7-5-15)23-19(26)17-12-14(8-10-20-17)18(25)21-9-3-11-27-2/h4-8,10,12H,3,9,11H2,1-2H3,(H,21,25)(H,22,24)(H,23,26). The first-order valence-electron chi connectivity index (χ1n) is 8.42. The van der Waals surface area contributed by atoms with Gasteiger partial charge in [0, 0.05) is 50.3 Å². The Hall–Kier alpha value is -3.26. The Balaban J connectivity index is 1.98. The summed E-state index contributed by atoms with van der Waals surface area (Å²) < 4.78 is 4.93. The highest BCUT2D eigenvalue weighted by molar-refractivity contribution is 6.04. The second-order valence-corrected chi connectivity index (χ2v) is 5.74. The third-order valence-electron chi connectivity index (χ3n) is 3.53. The van der Waals surface area contributed by atoms with Crippen molar-refractivity contribution in [2.45, 2.75) is 13.3 Å². The molecule has 0 spiro atoms. The highest BCUT2D eigenvalue weighted by Gasteiger charge is 2.12. The number of aromatic nitrogens is 1. The summed E-state index contributed by atoms with van der Waals surface area (Å²) in [7, 11) is 1.60. The highest BCUT2D eigenvalue weighted by Crippen LogP contribution is 2.14. The summed E-state index contributed by atoms with van der Waals surface area (Å²) in [5, 5.41) is 8.11. The van der Waals surface area contributed by atoms with Crippen LogP contribution in [0, 0.1) is 0 Å². The van der Waals surface area contributed by atoms with E-state index >= 15 is 0 Å². The zero-order chi connectivity index (χ0) is 19.6. The fourth-order valence-corrected chi connectivity index (χ4v) is 2.25. The summed E-state index contributed by atoms with van der Waals surface area (Å²) in [6.45, 7) is 2.46. The van der Waals surface area contributed by atoms with Gasteiger partial charge in [-0.3, -0.25) is 19.4 Å². The third kappa shape index (κ3) is 6.52. The zero-order valence-corrected chi connectivity index (χ0v) is 15.2. The van der Waals surface area contributed by atoms with Gasteiger partial charge in [-0.1, -0.05) is 0 Å². The zero-order valence-electron chi connectivity index (χ0n) is 15.2. The Morgan fingerprint density at radius 1 is 1.00 bits per heavy atom. The van der Waals surface area contributed by atoms with E-state index in [9.17, 15) is 14.4 Å². The Morgan fingerprint density at radius 3 is 2.30 bits per heavy atom. The van der Waals surface area contributed by atoms with E-state index < -0.39 is 5.91 Å². The molecular formula is C19H22N4O4. The van der Waals surface area contributed by atoms with Crippen LogP contribution in [0.4, 0.5) is 11.4 Å².